The Morgan fingerprint density at radius 1 is 1.09 bits per heavy atom. The number of nitrogens with one attached hydrogen (secondary N) is 1. The molecule has 4 rings (SSSR count). The van der Waals surface area contributed by atoms with Crippen molar-refractivity contribution in [2.45, 2.75) is 33.2 Å². The van der Waals surface area contributed by atoms with Gasteiger partial charge in [-0.05, 0) is 43.2 Å². The highest BCUT2D eigenvalue weighted by atomic mass is 16.5. The zero-order valence-electron chi connectivity index (χ0n) is 18.2. The van der Waals surface area contributed by atoms with Crippen LogP contribution in [0.1, 0.15) is 37.6 Å². The number of ether oxygens (including phenoxy) is 1. The molecule has 1 saturated carbocycles. The van der Waals surface area contributed by atoms with Crippen molar-refractivity contribution in [3.05, 3.63) is 42.0 Å². The Bertz CT molecular complexity index is 999. The van der Waals surface area contributed by atoms with Crippen LogP contribution >= 0.6 is 0 Å². The van der Waals surface area contributed by atoms with E-state index in [1.807, 2.05) is 12.2 Å². The van der Waals surface area contributed by atoms with Crippen LogP contribution in [-0.2, 0) is 23.9 Å². The molecule has 32 heavy (non-hydrogen) atoms. The second kappa shape index (κ2) is 8.33. The number of rotatable bonds is 7. The molecule has 0 spiro atoms. The van der Waals surface area contributed by atoms with Crippen molar-refractivity contribution >= 4 is 35.2 Å². The number of esters is 1. The first-order chi connectivity index (χ1) is 15.2. The summed E-state index contributed by atoms with van der Waals surface area (Å²) in [6.45, 7) is 4.33. The van der Waals surface area contributed by atoms with Crippen LogP contribution in [0, 0.1) is 29.6 Å². The van der Waals surface area contributed by atoms with Crippen LogP contribution in [0.2, 0.25) is 0 Å². The Balaban J connectivity index is 1.41. The molecule has 2 bridgehead atoms. The molecule has 8 nitrogen and oxygen atoms in total. The summed E-state index contributed by atoms with van der Waals surface area (Å²) >= 11 is 0. The maximum Gasteiger partial charge on any atom is 0.330 e. The van der Waals surface area contributed by atoms with Gasteiger partial charge in [0.15, 0.2) is 12.4 Å². The van der Waals surface area contributed by atoms with Gasteiger partial charge in [0.2, 0.25) is 11.8 Å². The van der Waals surface area contributed by atoms with E-state index in [4.69, 9.17) is 4.74 Å². The summed E-state index contributed by atoms with van der Waals surface area (Å²) in [5, 5.41) is 2.58. The standard InChI is InChI=1S/C24H26N2O6/c1-12(2)21(26-22(29)19-15-7-8-16(9-15)20(19)23(26)30)24(31)32-11-18(28)25-17-6-4-5-14(10-17)13(3)27/h4-8,10,12,15-16,19-21H,9,11H2,1-3H3,(H,25,28)/t15-,16-,19-,20+,21+/m0/s1. The number of hydrogen-bond donors (Lipinski definition) is 1. The number of allylic oxidation sites excluding steroid dienone is 2. The van der Waals surface area contributed by atoms with E-state index < -0.39 is 36.4 Å². The van der Waals surface area contributed by atoms with E-state index in [2.05, 4.69) is 5.32 Å². The minimum atomic E-state index is -1.08. The largest absolute Gasteiger partial charge is 0.454 e. The summed E-state index contributed by atoms with van der Waals surface area (Å²) in [6, 6.07) is 5.34. The highest BCUT2D eigenvalue weighted by Crippen LogP contribution is 2.53. The van der Waals surface area contributed by atoms with Crippen molar-refractivity contribution in [3.8, 4) is 0 Å². The molecule has 0 radical (unpaired) electrons. The SMILES string of the molecule is CC(=O)c1cccc(NC(=O)COC(=O)[C@@H](C(C)C)N2C(=O)[C@@H]3[C@H](C2=O)[C@H]2C=C[C@H]3C2)c1. The van der Waals surface area contributed by atoms with Gasteiger partial charge >= 0.3 is 5.97 Å². The number of nitrogens with zero attached hydrogens (tertiary/aromatic N) is 1. The Morgan fingerprint density at radius 2 is 1.72 bits per heavy atom. The van der Waals surface area contributed by atoms with Gasteiger partial charge in [-0.25, -0.2) is 4.79 Å². The summed E-state index contributed by atoms with van der Waals surface area (Å²) in [4.78, 5) is 63.8. The van der Waals surface area contributed by atoms with Gasteiger partial charge in [-0.1, -0.05) is 38.1 Å². The highest BCUT2D eigenvalue weighted by molar-refractivity contribution is 6.09. The van der Waals surface area contributed by atoms with Gasteiger partial charge in [0.1, 0.15) is 6.04 Å². The lowest BCUT2D eigenvalue weighted by atomic mass is 9.85. The van der Waals surface area contributed by atoms with Gasteiger partial charge in [-0.3, -0.25) is 24.1 Å². The van der Waals surface area contributed by atoms with Gasteiger partial charge in [-0.15, -0.1) is 0 Å². The van der Waals surface area contributed by atoms with Crippen molar-refractivity contribution in [2.75, 3.05) is 11.9 Å². The monoisotopic (exact) mass is 438 g/mol. The molecule has 0 unspecified atom stereocenters. The first kappa shape index (κ1) is 21.9. The number of ketones is 1. The van der Waals surface area contributed by atoms with Gasteiger partial charge in [0.25, 0.3) is 5.91 Å². The molecule has 0 aromatic heterocycles. The molecule has 1 saturated heterocycles. The van der Waals surface area contributed by atoms with E-state index in [1.54, 1.807) is 32.0 Å². The summed E-state index contributed by atoms with van der Waals surface area (Å²) in [7, 11) is 0. The number of likely N-dealkylation sites (tertiary alicyclic amines) is 1. The third kappa shape index (κ3) is 3.74. The third-order valence-electron chi connectivity index (χ3n) is 6.55. The normalized spacial score (nSPS) is 26.4. The molecule has 5 atom stereocenters. The molecule has 1 heterocycles. The number of fused-ring (bicyclic) bond motifs is 5. The summed E-state index contributed by atoms with van der Waals surface area (Å²) in [6.07, 6.45) is 4.80. The second-order valence-corrected chi connectivity index (χ2v) is 9.03. The Kier molecular flexibility index (Phi) is 5.71. The van der Waals surface area contributed by atoms with E-state index in [1.165, 1.54) is 13.0 Å². The first-order valence-electron chi connectivity index (χ1n) is 10.8. The molecule has 1 N–H and O–H groups in total. The second-order valence-electron chi connectivity index (χ2n) is 9.03. The maximum atomic E-state index is 13.1. The topological polar surface area (TPSA) is 110 Å². The van der Waals surface area contributed by atoms with E-state index in [9.17, 15) is 24.0 Å². The van der Waals surface area contributed by atoms with Crippen LogP contribution in [0.3, 0.4) is 0 Å². The maximum absolute atomic E-state index is 13.1. The predicted molar refractivity (Wildman–Crippen MR) is 114 cm³/mol. The molecule has 1 aromatic rings. The van der Waals surface area contributed by atoms with Crippen LogP contribution in [0.15, 0.2) is 36.4 Å². The van der Waals surface area contributed by atoms with E-state index in [0.717, 1.165) is 11.3 Å². The summed E-state index contributed by atoms with van der Waals surface area (Å²) in [5.74, 6) is -3.22. The fourth-order valence-corrected chi connectivity index (χ4v) is 5.11. The minimum absolute atomic E-state index is 0.0480. The number of carbonyl (C=O) groups is 5. The molecule has 1 aliphatic heterocycles. The lowest BCUT2D eigenvalue weighted by Crippen LogP contribution is -2.50. The zero-order valence-corrected chi connectivity index (χ0v) is 18.2. The minimum Gasteiger partial charge on any atom is -0.454 e. The first-order valence-corrected chi connectivity index (χ1v) is 10.8. The number of anilines is 1. The Hall–Kier alpha value is -3.29. The zero-order chi connectivity index (χ0) is 23.2. The highest BCUT2D eigenvalue weighted by Gasteiger charge is 2.61. The molecule has 3 amide bonds. The fraction of sp³-hybridized carbons (Fsp3) is 0.458. The molecule has 2 aliphatic carbocycles. The smallest absolute Gasteiger partial charge is 0.330 e. The third-order valence-corrected chi connectivity index (χ3v) is 6.55. The number of amides is 3. The lowest BCUT2D eigenvalue weighted by Gasteiger charge is -2.28. The number of Topliss-reactive ketones (excluding diaryl/α,β-unsaturated/α-hetero) is 1. The van der Waals surface area contributed by atoms with Gasteiger partial charge < -0.3 is 10.1 Å². The van der Waals surface area contributed by atoms with E-state index in [-0.39, 0.29) is 35.4 Å². The number of benzene rings is 1. The van der Waals surface area contributed by atoms with E-state index >= 15 is 0 Å². The predicted octanol–water partition coefficient (Wildman–Crippen LogP) is 2.20. The number of carbonyl (C=O) groups excluding carboxylic acids is 5. The van der Waals surface area contributed by atoms with Gasteiger partial charge in [0.05, 0.1) is 11.8 Å². The molecular weight excluding hydrogens is 412 g/mol. The molecule has 1 aromatic carbocycles. The summed E-state index contributed by atoms with van der Waals surface area (Å²) in [5.41, 5.74) is 0.847. The fourth-order valence-electron chi connectivity index (χ4n) is 5.11. The van der Waals surface area contributed by atoms with Crippen molar-refractivity contribution in [3.63, 3.8) is 0 Å². The lowest BCUT2D eigenvalue weighted by molar-refractivity contribution is -0.162. The van der Waals surface area contributed by atoms with Gasteiger partial charge in [0, 0.05) is 11.3 Å². The molecule has 168 valence electrons. The average molecular weight is 438 g/mol. The van der Waals surface area contributed by atoms with Crippen molar-refractivity contribution in [1.29, 1.82) is 0 Å². The van der Waals surface area contributed by atoms with Crippen LogP contribution in [0.25, 0.3) is 0 Å². The van der Waals surface area contributed by atoms with Crippen molar-refractivity contribution in [2.24, 2.45) is 29.6 Å². The quantitative estimate of drug-likeness (QED) is 0.303. The average Bonchev–Trinajstić information content (AvgIpc) is 3.42. The van der Waals surface area contributed by atoms with Crippen molar-refractivity contribution < 1.29 is 28.7 Å². The van der Waals surface area contributed by atoms with Crippen LogP contribution < -0.4 is 5.32 Å². The number of hydrogen-bond acceptors (Lipinski definition) is 6. The van der Waals surface area contributed by atoms with Crippen molar-refractivity contribution in [1.82, 2.24) is 4.90 Å². The Labute approximate surface area is 186 Å². The molecular formula is C24H26N2O6. The van der Waals surface area contributed by atoms with E-state index in [0.29, 0.717) is 11.3 Å². The number of imide groups is 1. The molecule has 3 aliphatic rings. The Morgan fingerprint density at radius 3 is 2.28 bits per heavy atom. The van der Waals surface area contributed by atoms with Crippen LogP contribution in [0.4, 0.5) is 5.69 Å². The van der Waals surface area contributed by atoms with Gasteiger partial charge in [-0.2, -0.15) is 0 Å². The molecule has 2 fully saturated rings. The van der Waals surface area contributed by atoms with Crippen LogP contribution in [0.5, 0.6) is 0 Å². The molecule has 8 heteroatoms. The summed E-state index contributed by atoms with van der Waals surface area (Å²) < 4.78 is 5.20. The van der Waals surface area contributed by atoms with Crippen LogP contribution in [-0.4, -0.2) is 47.0 Å².